The highest BCUT2D eigenvalue weighted by atomic mass is 19.4. The van der Waals surface area contributed by atoms with Crippen molar-refractivity contribution in [2.45, 2.75) is 37.5 Å². The molecule has 2 rings (SSSR count). The number of nitrogens with one attached hydrogen (secondary N) is 1. The first-order chi connectivity index (χ1) is 11.0. The maximum Gasteiger partial charge on any atom is 0.406 e. The van der Waals surface area contributed by atoms with Crippen LogP contribution in [0.3, 0.4) is 0 Å². The number of hydrogen-bond donors (Lipinski definition) is 2. The lowest BCUT2D eigenvalue weighted by molar-refractivity contribution is -0.198. The first-order valence-electron chi connectivity index (χ1n) is 7.11. The van der Waals surface area contributed by atoms with Crippen LogP contribution in [0.4, 0.5) is 22.0 Å². The van der Waals surface area contributed by atoms with Crippen molar-refractivity contribution in [1.82, 2.24) is 5.32 Å². The molecule has 1 amide bonds. The van der Waals surface area contributed by atoms with Crippen LogP contribution in [0.1, 0.15) is 25.3 Å². The molecule has 3 N–H and O–H groups in total. The molecular formula is C15H17F5N2O2. The van der Waals surface area contributed by atoms with E-state index in [9.17, 15) is 26.7 Å². The summed E-state index contributed by atoms with van der Waals surface area (Å²) in [5.74, 6) is -6.42. The van der Waals surface area contributed by atoms with Gasteiger partial charge in [0.2, 0.25) is 11.7 Å². The topological polar surface area (TPSA) is 64.3 Å². The Kier molecular flexibility index (Phi) is 4.51. The molecule has 1 saturated heterocycles. The highest BCUT2D eigenvalue weighted by Crippen LogP contribution is 2.51. The Bertz CT molecular complexity index is 664. The summed E-state index contributed by atoms with van der Waals surface area (Å²) in [6, 6.07) is 0.477. The number of carbonyl (C=O) groups is 1. The monoisotopic (exact) mass is 352 g/mol. The van der Waals surface area contributed by atoms with E-state index in [1.807, 2.05) is 0 Å². The summed E-state index contributed by atoms with van der Waals surface area (Å²) in [6.45, 7) is 2.18. The Morgan fingerprint density at radius 1 is 1.33 bits per heavy atom. The van der Waals surface area contributed by atoms with E-state index in [1.165, 1.54) is 6.92 Å². The Hall–Kier alpha value is -1.90. The largest absolute Gasteiger partial charge is 0.493 e. The lowest BCUT2D eigenvalue weighted by Crippen LogP contribution is -2.56. The molecule has 1 aromatic rings. The van der Waals surface area contributed by atoms with Crippen molar-refractivity contribution in [1.29, 1.82) is 0 Å². The minimum atomic E-state index is -4.68. The summed E-state index contributed by atoms with van der Waals surface area (Å²) in [5, 5.41) is 2.22. The van der Waals surface area contributed by atoms with Crippen molar-refractivity contribution in [2.75, 3.05) is 7.11 Å². The van der Waals surface area contributed by atoms with E-state index in [0.29, 0.717) is 0 Å². The zero-order valence-corrected chi connectivity index (χ0v) is 13.2. The Morgan fingerprint density at radius 2 is 1.92 bits per heavy atom. The fraction of sp³-hybridized carbons (Fsp3) is 0.533. The van der Waals surface area contributed by atoms with E-state index in [4.69, 9.17) is 10.5 Å². The second kappa shape index (κ2) is 5.87. The highest BCUT2D eigenvalue weighted by Gasteiger charge is 2.63. The van der Waals surface area contributed by atoms with Crippen molar-refractivity contribution in [3.8, 4) is 5.75 Å². The lowest BCUT2D eigenvalue weighted by atomic mass is 9.76. The summed E-state index contributed by atoms with van der Waals surface area (Å²) < 4.78 is 72.5. The van der Waals surface area contributed by atoms with E-state index >= 15 is 0 Å². The number of ether oxygens (including phenoxy) is 1. The van der Waals surface area contributed by atoms with Gasteiger partial charge >= 0.3 is 6.18 Å². The van der Waals surface area contributed by atoms with Gasteiger partial charge in [0, 0.05) is 11.5 Å². The fourth-order valence-corrected chi connectivity index (χ4v) is 3.25. The van der Waals surface area contributed by atoms with Gasteiger partial charge in [-0.2, -0.15) is 17.6 Å². The van der Waals surface area contributed by atoms with Crippen LogP contribution < -0.4 is 15.8 Å². The van der Waals surface area contributed by atoms with Gasteiger partial charge < -0.3 is 10.5 Å². The molecule has 0 unspecified atom stereocenters. The number of rotatable bonds is 3. The summed E-state index contributed by atoms with van der Waals surface area (Å²) in [6.07, 6.45) is -4.68. The number of hydrogen-bond acceptors (Lipinski definition) is 3. The molecule has 0 bridgehead atoms. The van der Waals surface area contributed by atoms with Gasteiger partial charge in [-0.1, -0.05) is 13.0 Å². The van der Waals surface area contributed by atoms with Crippen LogP contribution in [0.25, 0.3) is 0 Å². The number of primary amides is 1. The van der Waals surface area contributed by atoms with Gasteiger partial charge in [-0.15, -0.1) is 0 Å². The molecule has 1 fully saturated rings. The van der Waals surface area contributed by atoms with Crippen LogP contribution >= 0.6 is 0 Å². The molecule has 24 heavy (non-hydrogen) atoms. The van der Waals surface area contributed by atoms with Crippen molar-refractivity contribution in [3.05, 3.63) is 29.3 Å². The Balaban J connectivity index is 2.64. The molecule has 1 aliphatic rings. The number of alkyl halides is 3. The Morgan fingerprint density at radius 3 is 2.38 bits per heavy atom. The standard InChI is InChI=1S/C15H17F5N2O2/c1-6-9(7-4-5-8(16)10(17)12(7)24-3)11(13(21)23)22-14(6,2)15(18,19)20/h4-6,9,11,22H,1-3H3,(H2,21,23)/t6-,9-,11+,14+/m0/s1. The van der Waals surface area contributed by atoms with Crippen molar-refractivity contribution >= 4 is 5.91 Å². The number of nitrogens with two attached hydrogens (primary N) is 1. The molecule has 1 aromatic carbocycles. The predicted octanol–water partition coefficient (Wildman–Crippen LogP) is 2.47. The van der Waals surface area contributed by atoms with Crippen molar-refractivity contribution in [3.63, 3.8) is 0 Å². The lowest BCUT2D eigenvalue weighted by Gasteiger charge is -2.33. The zero-order chi connectivity index (χ0) is 18.4. The zero-order valence-electron chi connectivity index (χ0n) is 13.2. The van der Waals surface area contributed by atoms with Crippen LogP contribution in [-0.4, -0.2) is 30.8 Å². The molecule has 4 nitrogen and oxygen atoms in total. The molecule has 1 aliphatic heterocycles. The smallest absolute Gasteiger partial charge is 0.406 e. The van der Waals surface area contributed by atoms with E-state index in [0.717, 1.165) is 26.2 Å². The average Bonchev–Trinajstić information content (AvgIpc) is 2.75. The maximum atomic E-state index is 13.9. The minimum absolute atomic E-state index is 0.0480. The van der Waals surface area contributed by atoms with Gasteiger partial charge in [0.25, 0.3) is 0 Å². The van der Waals surface area contributed by atoms with E-state index in [2.05, 4.69) is 5.32 Å². The van der Waals surface area contributed by atoms with E-state index < -0.39 is 52.9 Å². The number of amides is 1. The summed E-state index contributed by atoms with van der Waals surface area (Å²) in [5.41, 5.74) is 2.76. The molecule has 0 radical (unpaired) electrons. The van der Waals surface area contributed by atoms with Crippen molar-refractivity contribution < 1.29 is 31.5 Å². The van der Waals surface area contributed by atoms with Gasteiger partial charge in [-0.05, 0) is 18.9 Å². The third-order valence-electron chi connectivity index (χ3n) is 4.80. The summed E-state index contributed by atoms with van der Waals surface area (Å²) in [4.78, 5) is 11.7. The van der Waals surface area contributed by atoms with Crippen LogP contribution in [0.5, 0.6) is 5.75 Å². The van der Waals surface area contributed by atoms with Crippen molar-refractivity contribution in [2.24, 2.45) is 11.7 Å². The molecule has 0 spiro atoms. The number of benzene rings is 1. The number of halogens is 5. The maximum absolute atomic E-state index is 13.9. The number of methoxy groups -OCH3 is 1. The SMILES string of the molecule is COc1c([C@H]2[C@H](C(N)=O)N[C@@](C)(C(F)(F)F)[C@H]2C)ccc(F)c1F. The molecule has 1 heterocycles. The number of carbonyl (C=O) groups excluding carboxylic acids is 1. The van der Waals surface area contributed by atoms with Gasteiger partial charge in [0.1, 0.15) is 5.54 Å². The normalized spacial score (nSPS) is 30.4. The summed E-state index contributed by atoms with van der Waals surface area (Å²) >= 11 is 0. The van der Waals surface area contributed by atoms with Gasteiger partial charge in [-0.25, -0.2) is 4.39 Å². The minimum Gasteiger partial charge on any atom is -0.493 e. The third-order valence-corrected chi connectivity index (χ3v) is 4.80. The highest BCUT2D eigenvalue weighted by molar-refractivity contribution is 5.82. The second-order valence-corrected chi connectivity index (χ2v) is 6.02. The Labute approximate surface area is 135 Å². The molecule has 0 saturated carbocycles. The van der Waals surface area contributed by atoms with Crippen LogP contribution in [0.15, 0.2) is 12.1 Å². The van der Waals surface area contributed by atoms with E-state index in [-0.39, 0.29) is 5.56 Å². The first kappa shape index (κ1) is 18.4. The van der Waals surface area contributed by atoms with Crippen LogP contribution in [0.2, 0.25) is 0 Å². The first-order valence-corrected chi connectivity index (χ1v) is 7.11. The molecule has 0 aliphatic carbocycles. The van der Waals surface area contributed by atoms with Gasteiger partial charge in [0.05, 0.1) is 13.2 Å². The average molecular weight is 352 g/mol. The molecule has 0 aromatic heterocycles. The molecule has 4 atom stereocenters. The molecule has 9 heteroatoms. The van der Waals surface area contributed by atoms with E-state index in [1.54, 1.807) is 0 Å². The third kappa shape index (κ3) is 2.60. The quantitative estimate of drug-likeness (QED) is 0.822. The summed E-state index contributed by atoms with van der Waals surface area (Å²) in [7, 11) is 1.07. The second-order valence-electron chi connectivity index (χ2n) is 6.02. The molecule has 134 valence electrons. The molecular weight excluding hydrogens is 335 g/mol. The fourth-order valence-electron chi connectivity index (χ4n) is 3.25. The predicted molar refractivity (Wildman–Crippen MR) is 75.4 cm³/mol. The van der Waals surface area contributed by atoms with Crippen LogP contribution in [-0.2, 0) is 4.79 Å². The van der Waals surface area contributed by atoms with Gasteiger partial charge in [-0.3, -0.25) is 10.1 Å². The van der Waals surface area contributed by atoms with Crippen LogP contribution in [0, 0.1) is 17.6 Å². The van der Waals surface area contributed by atoms with Gasteiger partial charge in [0.15, 0.2) is 11.6 Å².